The second kappa shape index (κ2) is 5.81. The molecule has 3 nitrogen and oxygen atoms in total. The summed E-state index contributed by atoms with van der Waals surface area (Å²) in [4.78, 5) is 11.0. The first kappa shape index (κ1) is 14.4. The fraction of sp³-hybridized carbons (Fsp3) is 0.364. The summed E-state index contributed by atoms with van der Waals surface area (Å²) in [6, 6.07) is 0.451. The van der Waals surface area contributed by atoms with E-state index in [-0.39, 0.29) is 12.7 Å². The van der Waals surface area contributed by atoms with Crippen LogP contribution in [0.25, 0.3) is 0 Å². The third-order valence-electron chi connectivity index (χ3n) is 2.15. The minimum atomic E-state index is -2.58. The number of hydrogen-bond donors (Lipinski definition) is 1. The van der Waals surface area contributed by atoms with Gasteiger partial charge in [-0.3, -0.25) is 0 Å². The molecule has 0 saturated carbocycles. The van der Waals surface area contributed by atoms with Crippen LogP contribution in [-0.2, 0) is 9.53 Å². The molecule has 2 atom stereocenters. The van der Waals surface area contributed by atoms with Gasteiger partial charge in [-0.2, -0.15) is 0 Å². The Bertz CT molecular complexity index is 450. The minimum Gasteiger partial charge on any atom is -0.464 e. The van der Waals surface area contributed by atoms with Crippen molar-refractivity contribution in [3.05, 3.63) is 35.1 Å². The Morgan fingerprint density at radius 3 is 2.39 bits per heavy atom. The van der Waals surface area contributed by atoms with Crippen molar-refractivity contribution in [2.24, 2.45) is 0 Å². The summed E-state index contributed by atoms with van der Waals surface area (Å²) < 4.78 is 56.3. The van der Waals surface area contributed by atoms with Crippen molar-refractivity contribution in [3.63, 3.8) is 0 Å². The Labute approximate surface area is 100.0 Å². The number of benzene rings is 1. The molecule has 0 bridgehead atoms. The number of aliphatic hydroxyl groups excluding tert-OH is 1. The molecular formula is C11H10F4O3. The normalized spacial score (nSPS) is 14.1. The van der Waals surface area contributed by atoms with Gasteiger partial charge in [-0.1, -0.05) is 0 Å². The van der Waals surface area contributed by atoms with E-state index in [2.05, 4.69) is 4.74 Å². The molecule has 18 heavy (non-hydrogen) atoms. The number of esters is 1. The zero-order chi connectivity index (χ0) is 13.9. The quantitative estimate of drug-likeness (QED) is 0.515. The predicted octanol–water partition coefficient (Wildman–Crippen LogP) is 2.04. The van der Waals surface area contributed by atoms with E-state index in [4.69, 9.17) is 0 Å². The Morgan fingerprint density at radius 2 is 1.83 bits per heavy atom. The van der Waals surface area contributed by atoms with Gasteiger partial charge in [0.1, 0.15) is 11.9 Å². The lowest BCUT2D eigenvalue weighted by Crippen LogP contribution is -2.26. The van der Waals surface area contributed by atoms with Crippen molar-refractivity contribution in [1.29, 1.82) is 0 Å². The van der Waals surface area contributed by atoms with Crippen LogP contribution in [0.15, 0.2) is 12.1 Å². The summed E-state index contributed by atoms with van der Waals surface area (Å²) >= 11 is 0. The fourth-order valence-electron chi connectivity index (χ4n) is 1.27. The van der Waals surface area contributed by atoms with E-state index in [1.54, 1.807) is 0 Å². The van der Waals surface area contributed by atoms with Crippen LogP contribution in [0.1, 0.15) is 18.6 Å². The number of aliphatic hydroxyl groups is 1. The number of hydrogen-bond acceptors (Lipinski definition) is 3. The van der Waals surface area contributed by atoms with Crippen LogP contribution in [0.2, 0.25) is 0 Å². The van der Waals surface area contributed by atoms with E-state index < -0.39 is 41.3 Å². The Balaban J connectivity index is 3.00. The Hall–Kier alpha value is -1.63. The van der Waals surface area contributed by atoms with E-state index in [0.717, 1.165) is 0 Å². The van der Waals surface area contributed by atoms with Gasteiger partial charge in [0.25, 0.3) is 0 Å². The van der Waals surface area contributed by atoms with E-state index in [1.807, 2.05) is 0 Å². The summed E-state index contributed by atoms with van der Waals surface area (Å²) in [6.45, 7) is 1.28. The van der Waals surface area contributed by atoms with Gasteiger partial charge in [0, 0.05) is 11.6 Å². The largest absolute Gasteiger partial charge is 0.464 e. The second-order valence-electron chi connectivity index (χ2n) is 3.39. The lowest BCUT2D eigenvalue weighted by Gasteiger charge is -2.15. The summed E-state index contributed by atoms with van der Waals surface area (Å²) in [5.41, 5.74) is -0.852. The van der Waals surface area contributed by atoms with Crippen LogP contribution in [0.4, 0.5) is 17.6 Å². The molecule has 0 fully saturated rings. The molecule has 100 valence electrons. The molecule has 1 aromatic carbocycles. The lowest BCUT2D eigenvalue weighted by atomic mass is 10.0. The third-order valence-corrected chi connectivity index (χ3v) is 2.15. The molecule has 1 N–H and O–H groups in total. The molecular weight excluding hydrogens is 256 g/mol. The zero-order valence-electron chi connectivity index (χ0n) is 9.29. The summed E-state index contributed by atoms with van der Waals surface area (Å²) in [5, 5.41) is 9.38. The highest BCUT2D eigenvalue weighted by molar-refractivity contribution is 5.75. The average molecular weight is 266 g/mol. The molecule has 0 saturated heterocycles. The highest BCUT2D eigenvalue weighted by Crippen LogP contribution is 2.25. The highest BCUT2D eigenvalue weighted by Gasteiger charge is 2.31. The van der Waals surface area contributed by atoms with Crippen molar-refractivity contribution in [1.82, 2.24) is 0 Å². The number of ether oxygens (including phenoxy) is 1. The number of carbonyl (C=O) groups is 1. The average Bonchev–Trinajstić information content (AvgIpc) is 2.32. The van der Waals surface area contributed by atoms with Gasteiger partial charge in [-0.15, -0.1) is 0 Å². The fourth-order valence-corrected chi connectivity index (χ4v) is 1.27. The molecule has 0 aromatic heterocycles. The maximum Gasteiger partial charge on any atom is 0.343 e. The molecule has 0 spiro atoms. The topological polar surface area (TPSA) is 46.5 Å². The number of alkyl halides is 1. The van der Waals surface area contributed by atoms with Gasteiger partial charge in [0.15, 0.2) is 11.6 Å². The maximum atomic E-state index is 13.4. The number of carbonyl (C=O) groups excluding carboxylic acids is 1. The summed E-state index contributed by atoms with van der Waals surface area (Å²) in [6.07, 6.45) is -4.84. The molecule has 0 heterocycles. The third kappa shape index (κ3) is 2.98. The first-order valence-electron chi connectivity index (χ1n) is 5.01. The summed E-state index contributed by atoms with van der Waals surface area (Å²) in [7, 11) is 0. The lowest BCUT2D eigenvalue weighted by molar-refractivity contribution is -0.153. The Kier molecular flexibility index (Phi) is 4.66. The van der Waals surface area contributed by atoms with Gasteiger partial charge in [-0.05, 0) is 13.0 Å². The van der Waals surface area contributed by atoms with Crippen LogP contribution < -0.4 is 0 Å². The van der Waals surface area contributed by atoms with Gasteiger partial charge >= 0.3 is 5.97 Å². The van der Waals surface area contributed by atoms with Gasteiger partial charge in [-0.25, -0.2) is 22.4 Å². The first-order valence-corrected chi connectivity index (χ1v) is 5.01. The molecule has 0 aliphatic rings. The van der Waals surface area contributed by atoms with Crippen molar-refractivity contribution in [2.45, 2.75) is 19.2 Å². The van der Waals surface area contributed by atoms with E-state index >= 15 is 0 Å². The van der Waals surface area contributed by atoms with E-state index in [0.29, 0.717) is 6.07 Å². The molecule has 0 radical (unpaired) electrons. The van der Waals surface area contributed by atoms with E-state index in [1.165, 1.54) is 6.92 Å². The number of rotatable bonds is 4. The molecule has 1 rings (SSSR count). The number of halogens is 4. The van der Waals surface area contributed by atoms with Crippen LogP contribution in [0, 0.1) is 17.5 Å². The van der Waals surface area contributed by atoms with Gasteiger partial charge in [0.2, 0.25) is 6.17 Å². The maximum absolute atomic E-state index is 13.4. The van der Waals surface area contributed by atoms with Crippen LogP contribution in [0.3, 0.4) is 0 Å². The standard InChI is InChI=1S/C11H10F4O3/c1-2-18-11(17)9(15)10(16)5-3-7(13)8(14)4-6(5)12/h3-4,9-10,16H,2H2,1H3. The van der Waals surface area contributed by atoms with Crippen LogP contribution in [-0.4, -0.2) is 23.9 Å². The predicted molar refractivity (Wildman–Crippen MR) is 52.8 cm³/mol. The van der Waals surface area contributed by atoms with Gasteiger partial charge in [0.05, 0.1) is 6.61 Å². The monoisotopic (exact) mass is 266 g/mol. The highest BCUT2D eigenvalue weighted by atomic mass is 19.2. The van der Waals surface area contributed by atoms with Crippen molar-refractivity contribution >= 4 is 5.97 Å². The molecule has 0 aliphatic carbocycles. The zero-order valence-corrected chi connectivity index (χ0v) is 9.29. The molecule has 0 aliphatic heterocycles. The molecule has 1 aromatic rings. The van der Waals surface area contributed by atoms with Crippen LogP contribution in [0.5, 0.6) is 0 Å². The first-order chi connectivity index (χ1) is 8.38. The SMILES string of the molecule is CCOC(=O)C(F)C(O)c1cc(F)c(F)cc1F. The van der Waals surface area contributed by atoms with E-state index in [9.17, 15) is 27.5 Å². The minimum absolute atomic E-state index is 0.133. The van der Waals surface area contributed by atoms with Crippen molar-refractivity contribution in [2.75, 3.05) is 6.61 Å². The second-order valence-corrected chi connectivity index (χ2v) is 3.39. The van der Waals surface area contributed by atoms with Gasteiger partial charge < -0.3 is 9.84 Å². The van der Waals surface area contributed by atoms with Crippen molar-refractivity contribution in [3.8, 4) is 0 Å². The molecule has 2 unspecified atom stereocenters. The summed E-state index contributed by atoms with van der Waals surface area (Å²) in [5.74, 6) is -5.70. The van der Waals surface area contributed by atoms with Crippen LogP contribution >= 0.6 is 0 Å². The molecule has 7 heteroatoms. The Morgan fingerprint density at radius 1 is 1.28 bits per heavy atom. The molecule has 0 amide bonds. The van der Waals surface area contributed by atoms with Crippen molar-refractivity contribution < 1.29 is 32.2 Å². The smallest absolute Gasteiger partial charge is 0.343 e.